The summed E-state index contributed by atoms with van der Waals surface area (Å²) in [5.74, 6) is 0.373. The molecule has 1 fully saturated rings. The van der Waals surface area contributed by atoms with Gasteiger partial charge in [-0.15, -0.1) is 0 Å². The Labute approximate surface area is 160 Å². The molecule has 1 saturated carbocycles. The summed E-state index contributed by atoms with van der Waals surface area (Å²) in [6.45, 7) is 3.72. The number of rotatable bonds is 6. The van der Waals surface area contributed by atoms with Crippen molar-refractivity contribution in [1.82, 2.24) is 0 Å². The smallest absolute Gasteiger partial charge is 0.262 e. The highest BCUT2D eigenvalue weighted by molar-refractivity contribution is 7.92. The first-order valence-corrected chi connectivity index (χ1v) is 10.8. The zero-order valence-electron chi connectivity index (χ0n) is 15.7. The van der Waals surface area contributed by atoms with Crippen LogP contribution in [0.25, 0.3) is 0 Å². The number of amides is 1. The first-order chi connectivity index (χ1) is 12.9. The Morgan fingerprint density at radius 3 is 2.37 bits per heavy atom. The number of nitrogens with one attached hydrogen (secondary N) is 1. The molecule has 2 aromatic carbocycles. The Balaban J connectivity index is 1.66. The van der Waals surface area contributed by atoms with Crippen molar-refractivity contribution in [3.63, 3.8) is 0 Å². The minimum Gasteiger partial charge on any atom is -0.483 e. The lowest BCUT2D eigenvalue weighted by Gasteiger charge is -2.14. The first-order valence-electron chi connectivity index (χ1n) is 9.21. The van der Waals surface area contributed by atoms with Gasteiger partial charge in [0.05, 0.1) is 10.1 Å². The maximum Gasteiger partial charge on any atom is 0.262 e. The van der Waals surface area contributed by atoms with E-state index in [4.69, 9.17) is 4.74 Å². The molecular formula is C21H25NO4S. The highest BCUT2D eigenvalue weighted by Gasteiger charge is 2.30. The van der Waals surface area contributed by atoms with E-state index in [-0.39, 0.29) is 22.7 Å². The van der Waals surface area contributed by atoms with Crippen molar-refractivity contribution in [3.05, 3.63) is 53.6 Å². The Morgan fingerprint density at radius 1 is 1.07 bits per heavy atom. The number of carbonyl (C=O) groups is 1. The lowest BCUT2D eigenvalue weighted by molar-refractivity contribution is -0.118. The molecule has 0 atom stereocenters. The average molecular weight is 388 g/mol. The zero-order valence-corrected chi connectivity index (χ0v) is 16.5. The van der Waals surface area contributed by atoms with E-state index in [0.717, 1.165) is 24.0 Å². The number of aryl methyl sites for hydroxylation is 2. The molecule has 0 heterocycles. The van der Waals surface area contributed by atoms with Gasteiger partial charge in [-0.3, -0.25) is 4.79 Å². The molecule has 1 aliphatic rings. The Bertz CT molecular complexity index is 911. The third kappa shape index (κ3) is 4.50. The van der Waals surface area contributed by atoms with Crippen LogP contribution in [-0.2, 0) is 14.6 Å². The lowest BCUT2D eigenvalue weighted by atomic mass is 10.1. The van der Waals surface area contributed by atoms with Crippen LogP contribution in [0.15, 0.2) is 47.4 Å². The van der Waals surface area contributed by atoms with Crippen LogP contribution in [0.5, 0.6) is 5.75 Å². The maximum atomic E-state index is 12.7. The van der Waals surface area contributed by atoms with Crippen molar-refractivity contribution < 1.29 is 17.9 Å². The minimum atomic E-state index is -3.35. The lowest BCUT2D eigenvalue weighted by Crippen LogP contribution is -2.21. The number of anilines is 1. The van der Waals surface area contributed by atoms with Crippen molar-refractivity contribution in [2.24, 2.45) is 0 Å². The number of sulfone groups is 1. The van der Waals surface area contributed by atoms with E-state index >= 15 is 0 Å². The van der Waals surface area contributed by atoms with Gasteiger partial charge in [-0.25, -0.2) is 8.42 Å². The number of carbonyl (C=O) groups excluding carboxylic acids is 1. The summed E-state index contributed by atoms with van der Waals surface area (Å²) in [6.07, 6.45) is 3.33. The molecule has 144 valence electrons. The molecule has 27 heavy (non-hydrogen) atoms. The fourth-order valence-corrected chi connectivity index (χ4v) is 5.40. The third-order valence-corrected chi connectivity index (χ3v) is 7.20. The number of hydrogen-bond acceptors (Lipinski definition) is 4. The van der Waals surface area contributed by atoms with E-state index < -0.39 is 9.84 Å². The van der Waals surface area contributed by atoms with Crippen LogP contribution in [0.1, 0.15) is 36.8 Å². The second kappa shape index (κ2) is 8.13. The van der Waals surface area contributed by atoms with E-state index in [2.05, 4.69) is 5.32 Å². The van der Waals surface area contributed by atoms with Crippen LogP contribution in [0.4, 0.5) is 5.69 Å². The second-order valence-electron chi connectivity index (χ2n) is 7.04. The minimum absolute atomic E-state index is 0.134. The summed E-state index contributed by atoms with van der Waals surface area (Å²) in [4.78, 5) is 12.5. The summed E-state index contributed by atoms with van der Waals surface area (Å²) < 4.78 is 31.1. The summed E-state index contributed by atoms with van der Waals surface area (Å²) in [5.41, 5.74) is 2.39. The molecule has 0 unspecified atom stereocenters. The SMILES string of the molecule is Cc1cccc(C)c1OCC(=O)Nc1cccc(S(=O)(=O)C2CCCC2)c1. The average Bonchev–Trinajstić information content (AvgIpc) is 3.17. The van der Waals surface area contributed by atoms with Gasteiger partial charge in [-0.05, 0) is 56.0 Å². The monoisotopic (exact) mass is 387 g/mol. The van der Waals surface area contributed by atoms with E-state index in [1.165, 1.54) is 6.07 Å². The van der Waals surface area contributed by atoms with Crippen LogP contribution >= 0.6 is 0 Å². The van der Waals surface area contributed by atoms with E-state index in [1.54, 1.807) is 18.2 Å². The van der Waals surface area contributed by atoms with Crippen molar-refractivity contribution in [1.29, 1.82) is 0 Å². The van der Waals surface area contributed by atoms with Crippen molar-refractivity contribution in [2.75, 3.05) is 11.9 Å². The van der Waals surface area contributed by atoms with Gasteiger partial charge in [0.2, 0.25) is 0 Å². The maximum absolute atomic E-state index is 12.7. The fraction of sp³-hybridized carbons (Fsp3) is 0.381. The first kappa shape index (κ1) is 19.4. The number of para-hydroxylation sites is 1. The van der Waals surface area contributed by atoms with Gasteiger partial charge in [0, 0.05) is 5.69 Å². The van der Waals surface area contributed by atoms with Gasteiger partial charge >= 0.3 is 0 Å². The molecule has 1 aliphatic carbocycles. The van der Waals surface area contributed by atoms with Gasteiger partial charge in [0.25, 0.3) is 5.91 Å². The predicted octanol–water partition coefficient (Wildman–Crippen LogP) is 4.04. The highest BCUT2D eigenvalue weighted by Crippen LogP contribution is 2.30. The largest absolute Gasteiger partial charge is 0.483 e. The van der Waals surface area contributed by atoms with Crippen molar-refractivity contribution in [2.45, 2.75) is 49.7 Å². The van der Waals surface area contributed by atoms with E-state index in [0.29, 0.717) is 24.3 Å². The Hall–Kier alpha value is -2.34. The third-order valence-electron chi connectivity index (χ3n) is 4.94. The van der Waals surface area contributed by atoms with E-state index in [9.17, 15) is 13.2 Å². The Morgan fingerprint density at radius 2 is 1.70 bits per heavy atom. The molecule has 0 aliphatic heterocycles. The topological polar surface area (TPSA) is 72.5 Å². The molecule has 1 N–H and O–H groups in total. The summed E-state index contributed by atoms with van der Waals surface area (Å²) in [5, 5.41) is 2.42. The molecule has 0 aromatic heterocycles. The van der Waals surface area contributed by atoms with Crippen molar-refractivity contribution in [3.8, 4) is 5.75 Å². The molecule has 0 saturated heterocycles. The molecule has 0 bridgehead atoms. The number of hydrogen-bond donors (Lipinski definition) is 1. The normalized spacial score (nSPS) is 14.9. The summed E-state index contributed by atoms with van der Waals surface area (Å²) in [7, 11) is -3.35. The molecule has 5 nitrogen and oxygen atoms in total. The van der Waals surface area contributed by atoms with E-state index in [1.807, 2.05) is 32.0 Å². The van der Waals surface area contributed by atoms with Crippen LogP contribution < -0.4 is 10.1 Å². The molecule has 3 rings (SSSR count). The summed E-state index contributed by atoms with van der Waals surface area (Å²) >= 11 is 0. The van der Waals surface area contributed by atoms with Gasteiger partial charge in [-0.2, -0.15) is 0 Å². The number of ether oxygens (including phenoxy) is 1. The van der Waals surface area contributed by atoms with Crippen LogP contribution in [0.2, 0.25) is 0 Å². The van der Waals surface area contributed by atoms with Gasteiger partial charge < -0.3 is 10.1 Å². The van der Waals surface area contributed by atoms with Gasteiger partial charge in [0.1, 0.15) is 5.75 Å². The molecule has 2 aromatic rings. The predicted molar refractivity (Wildman–Crippen MR) is 106 cm³/mol. The second-order valence-corrected chi connectivity index (χ2v) is 9.27. The fourth-order valence-electron chi connectivity index (χ4n) is 3.50. The highest BCUT2D eigenvalue weighted by atomic mass is 32.2. The van der Waals surface area contributed by atoms with Crippen LogP contribution in [-0.4, -0.2) is 26.2 Å². The van der Waals surface area contributed by atoms with Crippen LogP contribution in [0, 0.1) is 13.8 Å². The van der Waals surface area contributed by atoms with Crippen LogP contribution in [0.3, 0.4) is 0 Å². The molecule has 1 amide bonds. The van der Waals surface area contributed by atoms with Gasteiger partial charge in [0.15, 0.2) is 16.4 Å². The quantitative estimate of drug-likeness (QED) is 0.812. The number of benzene rings is 2. The Kier molecular flexibility index (Phi) is 5.85. The van der Waals surface area contributed by atoms with Crippen molar-refractivity contribution >= 4 is 21.4 Å². The molecule has 0 radical (unpaired) electrons. The molecule has 6 heteroatoms. The van der Waals surface area contributed by atoms with Gasteiger partial charge in [-0.1, -0.05) is 37.1 Å². The molecule has 0 spiro atoms. The zero-order chi connectivity index (χ0) is 19.4. The standard InChI is InChI=1S/C21H25NO4S/c1-15-7-5-8-16(2)21(15)26-14-20(23)22-17-9-6-12-19(13-17)27(24,25)18-10-3-4-11-18/h5-9,12-13,18H,3-4,10-11,14H2,1-2H3,(H,22,23). The molecular weight excluding hydrogens is 362 g/mol. The summed E-state index contributed by atoms with van der Waals surface area (Å²) in [6, 6.07) is 12.3.